The van der Waals surface area contributed by atoms with Crippen LogP contribution in [0.25, 0.3) is 33.4 Å². The van der Waals surface area contributed by atoms with Crippen LogP contribution in [0.4, 0.5) is 14.9 Å². The van der Waals surface area contributed by atoms with Gasteiger partial charge in [0.15, 0.2) is 0 Å². The fraction of sp³-hybridized carbons (Fsp3) is 0.0968. The minimum atomic E-state index is -1.16. The van der Waals surface area contributed by atoms with Gasteiger partial charge in [-0.1, -0.05) is 66.7 Å². The van der Waals surface area contributed by atoms with Crippen LogP contribution >= 0.6 is 0 Å². The van der Waals surface area contributed by atoms with Gasteiger partial charge < -0.3 is 14.3 Å². The Hall–Kier alpha value is -4.91. The van der Waals surface area contributed by atoms with Crippen LogP contribution in [0, 0.1) is 5.82 Å². The van der Waals surface area contributed by atoms with E-state index in [0.29, 0.717) is 27.8 Å². The lowest BCUT2D eigenvalue weighted by molar-refractivity contribution is 0.0699. The van der Waals surface area contributed by atoms with Crippen LogP contribution < -0.4 is 4.90 Å². The first-order valence-corrected chi connectivity index (χ1v) is 12.0. The Morgan fingerprint density at radius 2 is 1.50 bits per heavy atom. The minimum absolute atomic E-state index is 0.0209. The summed E-state index contributed by atoms with van der Waals surface area (Å²) in [6.07, 6.45) is -0.474. The molecule has 0 unspecified atom stereocenters. The van der Waals surface area contributed by atoms with Crippen LogP contribution in [0.2, 0.25) is 0 Å². The maximum Gasteiger partial charge on any atom is 0.414 e. The fourth-order valence-electron chi connectivity index (χ4n) is 4.43. The molecule has 4 aromatic carbocycles. The van der Waals surface area contributed by atoms with Crippen molar-refractivity contribution in [2.45, 2.75) is 13.0 Å². The number of carboxylic acids is 1. The molecule has 190 valence electrons. The maximum absolute atomic E-state index is 13.4. The molecule has 6 rings (SSSR count). The van der Waals surface area contributed by atoms with Gasteiger partial charge in [-0.2, -0.15) is 0 Å². The highest BCUT2D eigenvalue weighted by atomic mass is 19.1. The number of carbonyl (C=O) groups excluding carboxylic acids is 1. The smallest absolute Gasteiger partial charge is 0.414 e. The van der Waals surface area contributed by atoms with Crippen molar-refractivity contribution in [2.24, 2.45) is 0 Å². The van der Waals surface area contributed by atoms with Crippen molar-refractivity contribution in [3.05, 3.63) is 115 Å². The molecule has 2 heterocycles. The number of cyclic esters (lactones) is 1. The zero-order valence-electron chi connectivity index (χ0n) is 20.5. The lowest BCUT2D eigenvalue weighted by atomic mass is 9.98. The molecule has 38 heavy (non-hydrogen) atoms. The highest BCUT2D eigenvalue weighted by molar-refractivity contribution is 6.11. The van der Waals surface area contributed by atoms with Crippen LogP contribution in [0.15, 0.2) is 108 Å². The van der Waals surface area contributed by atoms with Gasteiger partial charge in [-0.15, -0.1) is 0 Å². The van der Waals surface area contributed by atoms with E-state index in [1.807, 2.05) is 73.7 Å². The van der Waals surface area contributed by atoms with E-state index >= 15 is 0 Å². The van der Waals surface area contributed by atoms with Crippen molar-refractivity contribution in [3.63, 3.8) is 0 Å². The molecule has 1 aromatic heterocycles. The minimum Gasteiger partial charge on any atom is -0.478 e. The van der Waals surface area contributed by atoms with Crippen LogP contribution in [0.1, 0.15) is 17.3 Å². The number of nitrogens with zero attached hydrogens (tertiary/aromatic N) is 1. The first-order chi connectivity index (χ1) is 18.4. The lowest BCUT2D eigenvalue weighted by Crippen LogP contribution is -2.31. The summed E-state index contributed by atoms with van der Waals surface area (Å²) in [6, 6.07) is 30.0. The topological polar surface area (TPSA) is 80.0 Å². The van der Waals surface area contributed by atoms with Gasteiger partial charge in [0.25, 0.3) is 0 Å². The average molecular weight is 510 g/mol. The number of aromatic carboxylic acids is 1. The van der Waals surface area contributed by atoms with Crippen molar-refractivity contribution < 1.29 is 28.2 Å². The van der Waals surface area contributed by atoms with E-state index in [9.17, 15) is 19.1 Å². The average Bonchev–Trinajstić information content (AvgIpc) is 3.49. The van der Waals surface area contributed by atoms with E-state index in [0.717, 1.165) is 5.56 Å². The standard InChI is InChI=1S/C25H18FNO5.C6H6/c1-14-13-31-25(30)27(14)20-12-21-19(11-18(20)15-5-3-2-4-6-15)22(24(28)29)23(32-21)16-7-9-17(26)10-8-16;1-2-4-6-5-3-1/h2-12,14H,13H2,1H3,(H,28,29);1-6H/t14-;/m0./s1. The Kier molecular flexibility index (Phi) is 6.91. The first kappa shape index (κ1) is 24.8. The summed E-state index contributed by atoms with van der Waals surface area (Å²) >= 11 is 0. The Morgan fingerprint density at radius 3 is 2.05 bits per heavy atom. The van der Waals surface area contributed by atoms with Gasteiger partial charge in [0.1, 0.15) is 29.3 Å². The molecule has 1 N–H and O–H groups in total. The zero-order chi connectivity index (χ0) is 26.6. The van der Waals surface area contributed by atoms with E-state index < -0.39 is 17.9 Å². The Morgan fingerprint density at radius 1 is 0.895 bits per heavy atom. The number of fused-ring (bicyclic) bond motifs is 1. The van der Waals surface area contributed by atoms with Gasteiger partial charge in [-0.3, -0.25) is 4.90 Å². The second kappa shape index (κ2) is 10.6. The number of carboxylic acid groups (broad SMARTS) is 1. The van der Waals surface area contributed by atoms with Gasteiger partial charge in [-0.05, 0) is 42.8 Å². The zero-order valence-corrected chi connectivity index (χ0v) is 20.5. The molecule has 6 nitrogen and oxygen atoms in total. The maximum atomic E-state index is 13.4. The van der Waals surface area contributed by atoms with Crippen molar-refractivity contribution >= 4 is 28.7 Å². The molecule has 0 bridgehead atoms. The number of benzene rings is 4. The summed E-state index contributed by atoms with van der Waals surface area (Å²) < 4.78 is 24.6. The van der Waals surface area contributed by atoms with Crippen molar-refractivity contribution in [1.29, 1.82) is 0 Å². The summed E-state index contributed by atoms with van der Waals surface area (Å²) in [4.78, 5) is 26.2. The second-order valence-electron chi connectivity index (χ2n) is 8.80. The summed E-state index contributed by atoms with van der Waals surface area (Å²) in [5.41, 5.74) is 2.79. The van der Waals surface area contributed by atoms with Crippen LogP contribution in [0.3, 0.4) is 0 Å². The molecule has 0 saturated carbocycles. The van der Waals surface area contributed by atoms with E-state index in [-0.39, 0.29) is 24.0 Å². The number of carbonyl (C=O) groups is 2. The molecule has 0 radical (unpaired) electrons. The highest BCUT2D eigenvalue weighted by Gasteiger charge is 2.34. The normalized spacial score (nSPS) is 14.6. The molecule has 1 atom stereocenters. The molecule has 1 fully saturated rings. The molecule has 0 aliphatic carbocycles. The summed E-state index contributed by atoms with van der Waals surface area (Å²) in [6.45, 7) is 2.13. The molecule has 1 amide bonds. The largest absolute Gasteiger partial charge is 0.478 e. The van der Waals surface area contributed by atoms with Gasteiger partial charge in [0.2, 0.25) is 0 Å². The highest BCUT2D eigenvalue weighted by Crippen LogP contribution is 2.42. The number of furan rings is 1. The number of hydrogen-bond donors (Lipinski definition) is 1. The molecule has 7 heteroatoms. The predicted octanol–water partition coefficient (Wildman–Crippen LogP) is 7.64. The van der Waals surface area contributed by atoms with Gasteiger partial charge in [0, 0.05) is 22.6 Å². The van der Waals surface area contributed by atoms with Gasteiger partial charge in [-0.25, -0.2) is 14.0 Å². The van der Waals surface area contributed by atoms with Crippen molar-refractivity contribution in [1.82, 2.24) is 0 Å². The number of anilines is 1. The molecule has 1 saturated heterocycles. The van der Waals surface area contributed by atoms with Crippen LogP contribution in [-0.2, 0) is 4.74 Å². The molecule has 5 aromatic rings. The monoisotopic (exact) mass is 509 g/mol. The van der Waals surface area contributed by atoms with Crippen molar-refractivity contribution in [2.75, 3.05) is 11.5 Å². The second-order valence-corrected chi connectivity index (χ2v) is 8.80. The van der Waals surface area contributed by atoms with E-state index in [4.69, 9.17) is 9.15 Å². The number of halogens is 1. The van der Waals surface area contributed by atoms with E-state index in [1.165, 1.54) is 24.3 Å². The quantitative estimate of drug-likeness (QED) is 0.269. The van der Waals surface area contributed by atoms with Gasteiger partial charge >= 0.3 is 12.1 Å². The van der Waals surface area contributed by atoms with Crippen LogP contribution in [0.5, 0.6) is 0 Å². The van der Waals surface area contributed by atoms with Crippen LogP contribution in [-0.4, -0.2) is 29.8 Å². The summed E-state index contributed by atoms with van der Waals surface area (Å²) in [5.74, 6) is -1.47. The SMILES string of the molecule is C[C@H]1COC(=O)N1c1cc2oc(-c3ccc(F)cc3)c(C(=O)O)c2cc1-c1ccccc1.c1ccccc1. The third kappa shape index (κ3) is 4.86. The third-order valence-electron chi connectivity index (χ3n) is 6.22. The molecular weight excluding hydrogens is 485 g/mol. The summed E-state index contributed by atoms with van der Waals surface area (Å²) in [7, 11) is 0. The van der Waals surface area contributed by atoms with Gasteiger partial charge in [0.05, 0.1) is 11.7 Å². The number of rotatable bonds is 4. The fourth-order valence-corrected chi connectivity index (χ4v) is 4.43. The van der Waals surface area contributed by atoms with E-state index in [1.54, 1.807) is 17.0 Å². The number of hydrogen-bond acceptors (Lipinski definition) is 4. The molecule has 1 aliphatic heterocycles. The number of ether oxygens (including phenoxy) is 1. The Balaban J connectivity index is 0.000000433. The summed E-state index contributed by atoms with van der Waals surface area (Å²) in [5, 5.41) is 10.4. The molecular formula is C31H24FNO5. The number of amides is 1. The predicted molar refractivity (Wildman–Crippen MR) is 144 cm³/mol. The van der Waals surface area contributed by atoms with Crippen molar-refractivity contribution in [3.8, 4) is 22.5 Å². The molecule has 1 aliphatic rings. The third-order valence-corrected chi connectivity index (χ3v) is 6.22. The van der Waals surface area contributed by atoms with E-state index in [2.05, 4.69) is 0 Å². The Labute approximate surface area is 218 Å². The molecule has 0 spiro atoms. The lowest BCUT2D eigenvalue weighted by Gasteiger charge is -2.21. The Bertz CT molecular complexity index is 1550. The first-order valence-electron chi connectivity index (χ1n) is 12.0.